The molecule has 12 heteroatoms. The number of morpholine rings is 1. The molecule has 2 aliphatic heterocycles. The second-order valence-corrected chi connectivity index (χ2v) is 9.70. The van der Waals surface area contributed by atoms with Crippen LogP contribution in [0.3, 0.4) is 0 Å². The highest BCUT2D eigenvalue weighted by atomic mass is 19.4. The van der Waals surface area contributed by atoms with Gasteiger partial charge in [-0.2, -0.15) is 4.98 Å². The molecule has 0 unspecified atom stereocenters. The molecule has 1 atom stereocenters. The van der Waals surface area contributed by atoms with Gasteiger partial charge in [-0.3, -0.25) is 4.79 Å². The van der Waals surface area contributed by atoms with E-state index in [9.17, 15) is 18.0 Å². The second-order valence-electron chi connectivity index (χ2n) is 9.70. The number of aromatic nitrogens is 2. The predicted octanol–water partition coefficient (Wildman–Crippen LogP) is 4.49. The van der Waals surface area contributed by atoms with Gasteiger partial charge in [-0.1, -0.05) is 12.1 Å². The van der Waals surface area contributed by atoms with Gasteiger partial charge in [0.05, 0.1) is 19.1 Å². The Morgan fingerprint density at radius 1 is 1.00 bits per heavy atom. The summed E-state index contributed by atoms with van der Waals surface area (Å²) >= 11 is 0. The number of carbonyl (C=O) groups is 1. The molecule has 2 aliphatic rings. The average Bonchev–Trinajstić information content (AvgIpc) is 2.97. The van der Waals surface area contributed by atoms with Crippen LogP contribution in [0.25, 0.3) is 0 Å². The van der Waals surface area contributed by atoms with Crippen LogP contribution in [0.4, 0.5) is 36.3 Å². The number of alkyl halides is 3. The number of rotatable bonds is 8. The first-order valence-electron chi connectivity index (χ1n) is 13.2. The Bertz CT molecular complexity index is 1270. The summed E-state index contributed by atoms with van der Waals surface area (Å²) in [5, 5.41) is 6.16. The van der Waals surface area contributed by atoms with Crippen molar-refractivity contribution in [2.45, 2.75) is 25.7 Å². The SMILES string of the molecule is O=C(NCc1ccc(OC(F)(F)F)cc1)[C@H]1CCCN(c2ccnc(Nc3ccc(N4CCOCC4)cc3)n2)C1. The molecule has 2 N–H and O–H groups in total. The van der Waals surface area contributed by atoms with Crippen molar-refractivity contribution in [3.8, 4) is 5.75 Å². The molecule has 0 radical (unpaired) electrons. The van der Waals surface area contributed by atoms with Crippen LogP contribution < -0.4 is 25.2 Å². The van der Waals surface area contributed by atoms with Crippen LogP contribution in [0, 0.1) is 5.92 Å². The van der Waals surface area contributed by atoms with Crippen molar-refractivity contribution in [1.29, 1.82) is 0 Å². The minimum Gasteiger partial charge on any atom is -0.406 e. The molecule has 212 valence electrons. The number of benzene rings is 2. The lowest BCUT2D eigenvalue weighted by molar-refractivity contribution is -0.274. The number of halogens is 3. The van der Waals surface area contributed by atoms with Crippen molar-refractivity contribution < 1.29 is 27.4 Å². The molecule has 40 heavy (non-hydrogen) atoms. The number of piperidine rings is 1. The highest BCUT2D eigenvalue weighted by molar-refractivity contribution is 5.79. The number of anilines is 4. The minimum absolute atomic E-state index is 0.104. The van der Waals surface area contributed by atoms with E-state index in [1.165, 1.54) is 24.3 Å². The first-order valence-corrected chi connectivity index (χ1v) is 13.2. The van der Waals surface area contributed by atoms with Gasteiger partial charge in [0.25, 0.3) is 0 Å². The molecule has 1 amide bonds. The largest absolute Gasteiger partial charge is 0.573 e. The summed E-state index contributed by atoms with van der Waals surface area (Å²) in [4.78, 5) is 26.3. The minimum atomic E-state index is -4.74. The molecule has 2 fully saturated rings. The lowest BCUT2D eigenvalue weighted by Gasteiger charge is -2.33. The fraction of sp³-hybridized carbons (Fsp3) is 0.393. The van der Waals surface area contributed by atoms with E-state index in [-0.39, 0.29) is 24.1 Å². The molecular formula is C28H31F3N6O3. The van der Waals surface area contributed by atoms with E-state index in [0.29, 0.717) is 18.1 Å². The number of nitrogens with one attached hydrogen (secondary N) is 2. The Labute approximate surface area is 230 Å². The average molecular weight is 557 g/mol. The molecule has 3 heterocycles. The molecule has 3 aromatic rings. The van der Waals surface area contributed by atoms with Gasteiger partial charge in [0, 0.05) is 50.3 Å². The fourth-order valence-electron chi connectivity index (χ4n) is 4.83. The summed E-state index contributed by atoms with van der Waals surface area (Å²) in [6.45, 7) is 4.72. The first kappa shape index (κ1) is 27.5. The number of hydrogen-bond acceptors (Lipinski definition) is 8. The maximum atomic E-state index is 12.9. The van der Waals surface area contributed by atoms with Gasteiger partial charge in [0.15, 0.2) is 0 Å². The van der Waals surface area contributed by atoms with Crippen molar-refractivity contribution in [2.75, 3.05) is 54.5 Å². The Morgan fingerprint density at radius 3 is 2.48 bits per heavy atom. The van der Waals surface area contributed by atoms with Gasteiger partial charge in [0.1, 0.15) is 11.6 Å². The quantitative estimate of drug-likeness (QED) is 0.420. The number of carbonyl (C=O) groups excluding carboxylic acids is 1. The zero-order valence-electron chi connectivity index (χ0n) is 21.9. The van der Waals surface area contributed by atoms with E-state index in [2.05, 4.69) is 47.3 Å². The molecular weight excluding hydrogens is 525 g/mol. The molecule has 0 spiro atoms. The molecule has 0 aliphatic carbocycles. The highest BCUT2D eigenvalue weighted by Gasteiger charge is 2.31. The van der Waals surface area contributed by atoms with Gasteiger partial charge in [0.2, 0.25) is 11.9 Å². The maximum absolute atomic E-state index is 12.9. The highest BCUT2D eigenvalue weighted by Crippen LogP contribution is 2.25. The number of nitrogens with zero attached hydrogens (tertiary/aromatic N) is 4. The lowest BCUT2D eigenvalue weighted by atomic mass is 9.97. The maximum Gasteiger partial charge on any atom is 0.573 e. The predicted molar refractivity (Wildman–Crippen MR) is 145 cm³/mol. The number of ether oxygens (including phenoxy) is 2. The summed E-state index contributed by atoms with van der Waals surface area (Å²) in [6.07, 6.45) is -1.47. The van der Waals surface area contributed by atoms with Crippen molar-refractivity contribution in [1.82, 2.24) is 15.3 Å². The molecule has 0 saturated carbocycles. The fourth-order valence-corrected chi connectivity index (χ4v) is 4.83. The monoisotopic (exact) mass is 556 g/mol. The molecule has 2 saturated heterocycles. The second kappa shape index (κ2) is 12.4. The molecule has 9 nitrogen and oxygen atoms in total. The van der Waals surface area contributed by atoms with Crippen molar-refractivity contribution in [3.05, 3.63) is 66.4 Å². The van der Waals surface area contributed by atoms with Crippen LogP contribution in [0.15, 0.2) is 60.8 Å². The van der Waals surface area contributed by atoms with E-state index in [1.807, 2.05) is 18.2 Å². The first-order chi connectivity index (χ1) is 19.3. The van der Waals surface area contributed by atoms with Gasteiger partial charge in [-0.15, -0.1) is 13.2 Å². The molecule has 5 rings (SSSR count). The van der Waals surface area contributed by atoms with Crippen LogP contribution in [-0.2, 0) is 16.1 Å². The van der Waals surface area contributed by atoms with Gasteiger partial charge >= 0.3 is 6.36 Å². The van der Waals surface area contributed by atoms with Crippen LogP contribution in [0.1, 0.15) is 18.4 Å². The summed E-state index contributed by atoms with van der Waals surface area (Å²) in [5.41, 5.74) is 2.71. The third-order valence-electron chi connectivity index (χ3n) is 6.88. The van der Waals surface area contributed by atoms with Crippen molar-refractivity contribution in [3.63, 3.8) is 0 Å². The van der Waals surface area contributed by atoms with Crippen molar-refractivity contribution in [2.24, 2.45) is 5.92 Å². The Hall–Kier alpha value is -4.06. The zero-order chi connectivity index (χ0) is 28.0. The normalized spacial score (nSPS) is 17.8. The number of amides is 1. The molecule has 0 bridgehead atoms. The Balaban J connectivity index is 1.14. The third kappa shape index (κ3) is 7.53. The number of hydrogen-bond donors (Lipinski definition) is 2. The zero-order valence-corrected chi connectivity index (χ0v) is 21.9. The van der Waals surface area contributed by atoms with E-state index >= 15 is 0 Å². The summed E-state index contributed by atoms with van der Waals surface area (Å²) in [6, 6.07) is 15.4. The van der Waals surface area contributed by atoms with Crippen LogP contribution in [-0.4, -0.2) is 61.6 Å². The Morgan fingerprint density at radius 2 is 1.75 bits per heavy atom. The van der Waals surface area contributed by atoms with E-state index in [4.69, 9.17) is 4.74 Å². The Kier molecular flexibility index (Phi) is 8.54. The van der Waals surface area contributed by atoms with E-state index in [0.717, 1.165) is 62.9 Å². The van der Waals surface area contributed by atoms with E-state index in [1.54, 1.807) is 6.20 Å². The smallest absolute Gasteiger partial charge is 0.406 e. The summed E-state index contributed by atoms with van der Waals surface area (Å²) < 4.78 is 46.4. The third-order valence-corrected chi connectivity index (χ3v) is 6.88. The van der Waals surface area contributed by atoms with Gasteiger partial charge in [-0.05, 0) is 60.9 Å². The van der Waals surface area contributed by atoms with Gasteiger partial charge in [-0.25, -0.2) is 4.98 Å². The van der Waals surface area contributed by atoms with Crippen LogP contribution in [0.5, 0.6) is 5.75 Å². The molecule has 1 aromatic heterocycles. The van der Waals surface area contributed by atoms with E-state index < -0.39 is 6.36 Å². The summed E-state index contributed by atoms with van der Waals surface area (Å²) in [5.74, 6) is 0.573. The van der Waals surface area contributed by atoms with Crippen molar-refractivity contribution >= 4 is 29.0 Å². The lowest BCUT2D eigenvalue weighted by Crippen LogP contribution is -2.43. The molecule has 2 aromatic carbocycles. The van der Waals surface area contributed by atoms with Crippen LogP contribution in [0.2, 0.25) is 0 Å². The topological polar surface area (TPSA) is 91.8 Å². The standard InChI is InChI=1S/C28H31F3N6O3/c29-28(30,31)40-24-9-3-20(4-10-24)18-33-26(38)21-2-1-13-37(19-21)25-11-12-32-27(35-25)34-22-5-7-23(8-6-22)36-14-16-39-17-15-36/h3-12,21H,1-2,13-19H2,(H,33,38)(H,32,34,35)/t21-/m0/s1. The summed E-state index contributed by atoms with van der Waals surface area (Å²) in [7, 11) is 0. The van der Waals surface area contributed by atoms with Gasteiger partial charge < -0.3 is 29.9 Å². The van der Waals surface area contributed by atoms with Crippen LogP contribution >= 0.6 is 0 Å².